The molecule has 0 unspecified atom stereocenters. The lowest BCUT2D eigenvalue weighted by Gasteiger charge is -2.14. The molecular formula is C12H13N3O4. The first kappa shape index (κ1) is 12.9. The van der Waals surface area contributed by atoms with E-state index in [1.807, 2.05) is 19.1 Å². The number of carbonyl (C=O) groups excluding carboxylic acids is 3. The van der Waals surface area contributed by atoms with Crippen molar-refractivity contribution in [2.75, 3.05) is 5.43 Å². The number of imide groups is 1. The molecule has 1 fully saturated rings. The number of aryl methyl sites for hydroxylation is 1. The van der Waals surface area contributed by atoms with Gasteiger partial charge in [0.15, 0.2) is 0 Å². The molecule has 3 amide bonds. The maximum atomic E-state index is 11.4. The molecule has 0 aromatic heterocycles. The van der Waals surface area contributed by atoms with Crippen molar-refractivity contribution in [2.24, 2.45) is 0 Å². The van der Waals surface area contributed by atoms with Crippen molar-refractivity contribution in [3.63, 3.8) is 0 Å². The second-order valence-electron chi connectivity index (χ2n) is 4.08. The third kappa shape index (κ3) is 3.21. The van der Waals surface area contributed by atoms with Gasteiger partial charge in [0.05, 0.1) is 5.69 Å². The zero-order valence-corrected chi connectivity index (χ0v) is 10.3. The largest absolute Gasteiger partial charge is 0.450 e. The van der Waals surface area contributed by atoms with Gasteiger partial charge >= 0.3 is 6.09 Å². The number of hydrogen-bond acceptors (Lipinski definition) is 5. The Bertz CT molecular complexity index is 496. The van der Waals surface area contributed by atoms with Crippen molar-refractivity contribution in [3.05, 3.63) is 29.8 Å². The van der Waals surface area contributed by atoms with Crippen LogP contribution >= 0.6 is 0 Å². The van der Waals surface area contributed by atoms with E-state index < -0.39 is 17.9 Å². The molecule has 100 valence electrons. The van der Waals surface area contributed by atoms with Gasteiger partial charge in [0.1, 0.15) is 0 Å². The van der Waals surface area contributed by atoms with E-state index in [9.17, 15) is 14.4 Å². The van der Waals surface area contributed by atoms with Crippen LogP contribution in [-0.2, 0) is 14.4 Å². The maximum Gasteiger partial charge on any atom is 0.450 e. The monoisotopic (exact) mass is 263 g/mol. The van der Waals surface area contributed by atoms with Gasteiger partial charge in [-0.2, -0.15) is 0 Å². The molecule has 7 nitrogen and oxygen atoms in total. The number of hydroxylamine groups is 2. The van der Waals surface area contributed by atoms with Gasteiger partial charge in [-0.25, -0.2) is 10.2 Å². The van der Waals surface area contributed by atoms with Crippen LogP contribution < -0.4 is 10.9 Å². The highest BCUT2D eigenvalue weighted by atomic mass is 16.7. The van der Waals surface area contributed by atoms with Gasteiger partial charge in [-0.3, -0.25) is 15.0 Å². The molecule has 1 heterocycles. The summed E-state index contributed by atoms with van der Waals surface area (Å²) in [5, 5.41) is 0.478. The number of hydrazine groups is 1. The molecule has 19 heavy (non-hydrogen) atoms. The first-order valence-electron chi connectivity index (χ1n) is 5.72. The van der Waals surface area contributed by atoms with E-state index >= 15 is 0 Å². The summed E-state index contributed by atoms with van der Waals surface area (Å²) >= 11 is 0. The van der Waals surface area contributed by atoms with Gasteiger partial charge in [-0.05, 0) is 19.1 Å². The molecule has 0 radical (unpaired) electrons. The lowest BCUT2D eigenvalue weighted by molar-refractivity contribution is -0.171. The first-order valence-corrected chi connectivity index (χ1v) is 5.72. The summed E-state index contributed by atoms with van der Waals surface area (Å²) in [6.07, 6.45) is -0.793. The minimum Gasteiger partial charge on any atom is -0.310 e. The summed E-state index contributed by atoms with van der Waals surface area (Å²) in [6, 6.07) is 7.26. The van der Waals surface area contributed by atoms with Crippen LogP contribution in [0.2, 0.25) is 0 Å². The molecule has 2 N–H and O–H groups in total. The van der Waals surface area contributed by atoms with E-state index in [1.54, 1.807) is 12.1 Å². The van der Waals surface area contributed by atoms with E-state index in [2.05, 4.69) is 15.7 Å². The van der Waals surface area contributed by atoms with Crippen molar-refractivity contribution in [3.8, 4) is 0 Å². The van der Waals surface area contributed by atoms with Crippen LogP contribution in [0.1, 0.15) is 18.4 Å². The minimum atomic E-state index is -0.927. The summed E-state index contributed by atoms with van der Waals surface area (Å²) in [7, 11) is 0. The smallest absolute Gasteiger partial charge is 0.310 e. The van der Waals surface area contributed by atoms with E-state index in [0.29, 0.717) is 10.8 Å². The summed E-state index contributed by atoms with van der Waals surface area (Å²) in [5.74, 6) is -1.04. The zero-order valence-electron chi connectivity index (χ0n) is 10.3. The predicted octanol–water partition coefficient (Wildman–Crippen LogP) is 1.11. The van der Waals surface area contributed by atoms with Gasteiger partial charge in [-0.15, -0.1) is 5.06 Å². The Morgan fingerprint density at radius 1 is 1.16 bits per heavy atom. The zero-order chi connectivity index (χ0) is 13.8. The number of carbonyl (C=O) groups is 3. The average molecular weight is 263 g/mol. The molecule has 1 aromatic rings. The fraction of sp³-hybridized carbons (Fsp3) is 0.250. The molecule has 0 spiro atoms. The number of anilines is 1. The Kier molecular flexibility index (Phi) is 3.65. The molecule has 1 aromatic carbocycles. The van der Waals surface area contributed by atoms with Crippen molar-refractivity contribution >= 4 is 23.6 Å². The molecule has 1 saturated heterocycles. The van der Waals surface area contributed by atoms with Crippen molar-refractivity contribution in [1.29, 1.82) is 0 Å². The molecule has 0 bridgehead atoms. The third-order valence-electron chi connectivity index (χ3n) is 2.54. The van der Waals surface area contributed by atoms with Gasteiger partial charge < -0.3 is 4.84 Å². The third-order valence-corrected chi connectivity index (χ3v) is 2.54. The van der Waals surface area contributed by atoms with E-state index in [-0.39, 0.29) is 12.8 Å². The number of nitrogens with one attached hydrogen (secondary N) is 2. The molecule has 0 saturated carbocycles. The Labute approximate surface area is 109 Å². The average Bonchev–Trinajstić information content (AvgIpc) is 2.70. The number of benzene rings is 1. The number of hydrogen-bond donors (Lipinski definition) is 2. The molecule has 0 atom stereocenters. The lowest BCUT2D eigenvalue weighted by atomic mass is 10.2. The van der Waals surface area contributed by atoms with Crippen LogP contribution in [0.25, 0.3) is 0 Å². The van der Waals surface area contributed by atoms with Gasteiger partial charge in [-0.1, -0.05) is 17.7 Å². The van der Waals surface area contributed by atoms with Crippen LogP contribution in [0.4, 0.5) is 10.5 Å². The Hall–Kier alpha value is -2.57. The predicted molar refractivity (Wildman–Crippen MR) is 65.5 cm³/mol. The molecule has 1 aliphatic heterocycles. The van der Waals surface area contributed by atoms with Gasteiger partial charge in [0.25, 0.3) is 11.8 Å². The highest BCUT2D eigenvalue weighted by molar-refractivity contribution is 6.01. The van der Waals surface area contributed by atoms with Crippen LogP contribution in [0, 0.1) is 6.92 Å². The summed E-state index contributed by atoms with van der Waals surface area (Å²) in [6.45, 7) is 1.94. The SMILES string of the molecule is Cc1ccc(NNC(=O)ON2C(=O)CCC2=O)cc1. The minimum absolute atomic E-state index is 0.0670. The van der Waals surface area contributed by atoms with Crippen LogP contribution in [0.5, 0.6) is 0 Å². The van der Waals surface area contributed by atoms with E-state index in [1.165, 1.54) is 0 Å². The Balaban J connectivity index is 1.83. The fourth-order valence-corrected chi connectivity index (χ4v) is 1.52. The van der Waals surface area contributed by atoms with Crippen molar-refractivity contribution < 1.29 is 19.2 Å². The Morgan fingerprint density at radius 2 is 1.74 bits per heavy atom. The van der Waals surface area contributed by atoms with Crippen LogP contribution in [0.3, 0.4) is 0 Å². The molecule has 1 aliphatic rings. The number of nitrogens with zero attached hydrogens (tertiary/aromatic N) is 1. The van der Waals surface area contributed by atoms with E-state index in [0.717, 1.165) is 5.56 Å². The first-order chi connectivity index (χ1) is 9.06. The van der Waals surface area contributed by atoms with Crippen LogP contribution in [-0.4, -0.2) is 23.0 Å². The number of rotatable bonds is 3. The van der Waals surface area contributed by atoms with Crippen molar-refractivity contribution in [2.45, 2.75) is 19.8 Å². The Morgan fingerprint density at radius 3 is 2.32 bits per heavy atom. The molecular weight excluding hydrogens is 250 g/mol. The standard InChI is InChI=1S/C12H13N3O4/c1-8-2-4-9(5-3-8)13-14-12(18)19-15-10(16)6-7-11(15)17/h2-5,13H,6-7H2,1H3,(H,14,18). The topological polar surface area (TPSA) is 87.7 Å². The van der Waals surface area contributed by atoms with Gasteiger partial charge in [0, 0.05) is 12.8 Å². The quantitative estimate of drug-likeness (QED) is 0.630. The second-order valence-corrected chi connectivity index (χ2v) is 4.08. The highest BCUT2D eigenvalue weighted by Gasteiger charge is 2.32. The van der Waals surface area contributed by atoms with Gasteiger partial charge in [0.2, 0.25) is 0 Å². The van der Waals surface area contributed by atoms with Crippen molar-refractivity contribution in [1.82, 2.24) is 10.5 Å². The summed E-state index contributed by atoms with van der Waals surface area (Å²) < 4.78 is 0. The highest BCUT2D eigenvalue weighted by Crippen LogP contribution is 2.12. The molecule has 2 rings (SSSR count). The van der Waals surface area contributed by atoms with Crippen LogP contribution in [0.15, 0.2) is 24.3 Å². The normalized spacial score (nSPS) is 14.5. The fourth-order valence-electron chi connectivity index (χ4n) is 1.52. The molecule has 7 heteroatoms. The lowest BCUT2D eigenvalue weighted by Crippen LogP contribution is -2.39. The summed E-state index contributed by atoms with van der Waals surface area (Å²) in [5.41, 5.74) is 6.57. The second kappa shape index (κ2) is 5.38. The summed E-state index contributed by atoms with van der Waals surface area (Å²) in [4.78, 5) is 38.4. The number of amides is 3. The maximum absolute atomic E-state index is 11.4. The van der Waals surface area contributed by atoms with E-state index in [4.69, 9.17) is 0 Å². The molecule has 0 aliphatic carbocycles.